The Labute approximate surface area is 336 Å². The van der Waals surface area contributed by atoms with Gasteiger partial charge in [0.2, 0.25) is 0 Å². The molecule has 4 nitrogen and oxygen atoms in total. The average molecular weight is 808 g/mol. The number of nitrogens with one attached hydrogen (secondary N) is 2. The molecule has 0 fully saturated rings. The van der Waals surface area contributed by atoms with Gasteiger partial charge in [-0.3, -0.25) is 0 Å². The van der Waals surface area contributed by atoms with E-state index >= 15 is 0 Å². The molecule has 3 aromatic heterocycles. The molecule has 0 spiro atoms. The number of aromatic nitrogens is 4. The summed E-state index contributed by atoms with van der Waals surface area (Å²) in [5.74, 6) is 0. The van der Waals surface area contributed by atoms with Crippen LogP contribution >= 0.6 is 46.4 Å². The van der Waals surface area contributed by atoms with Crippen molar-refractivity contribution in [2.45, 2.75) is 0 Å². The molecule has 256 valence electrons. The third kappa shape index (κ3) is 6.34. The van der Waals surface area contributed by atoms with Crippen molar-refractivity contribution in [1.82, 2.24) is 19.9 Å². The Bertz CT molecular complexity index is 2440. The fourth-order valence-electron chi connectivity index (χ4n) is 6.99. The summed E-state index contributed by atoms with van der Waals surface area (Å²) in [6.45, 7) is 0. The molecule has 5 heterocycles. The Morgan fingerprint density at radius 3 is 0.774 bits per heavy atom. The number of fused-ring (bicyclic) bond motifs is 8. The molecule has 0 aliphatic carbocycles. The van der Waals surface area contributed by atoms with Gasteiger partial charge in [-0.15, -0.1) is 0 Å². The van der Waals surface area contributed by atoms with Gasteiger partial charge in [-0.05, 0) is 72.8 Å². The molecule has 0 saturated carbocycles. The summed E-state index contributed by atoms with van der Waals surface area (Å²) in [6.07, 6.45) is 8.10. The zero-order valence-corrected chi connectivity index (χ0v) is 31.7. The van der Waals surface area contributed by atoms with E-state index in [1.54, 1.807) is 0 Å². The molecule has 9 rings (SSSR count). The maximum Gasteiger partial charge on any atom is 2.00 e. The van der Waals surface area contributed by atoms with Crippen molar-refractivity contribution in [3.8, 4) is 44.5 Å². The molecule has 0 radical (unpaired) electrons. The Kier molecular flexibility index (Phi) is 9.65. The van der Waals surface area contributed by atoms with Gasteiger partial charge in [0.25, 0.3) is 0 Å². The molecule has 4 aromatic carbocycles. The van der Waals surface area contributed by atoms with Crippen LogP contribution in [0.4, 0.5) is 0 Å². The second kappa shape index (κ2) is 14.5. The molecule has 7 aromatic rings. The molecule has 2 aliphatic heterocycles. The first-order chi connectivity index (χ1) is 25.4. The normalized spacial score (nSPS) is 11.8. The largest absolute Gasteiger partial charge is 2.00 e. The van der Waals surface area contributed by atoms with Gasteiger partial charge in [0.1, 0.15) is 0 Å². The molecule has 8 bridgehead atoms. The van der Waals surface area contributed by atoms with Crippen molar-refractivity contribution < 1.29 is 17.1 Å². The van der Waals surface area contributed by atoms with Gasteiger partial charge in [0.15, 0.2) is 0 Å². The Morgan fingerprint density at radius 2 is 0.547 bits per heavy atom. The van der Waals surface area contributed by atoms with E-state index in [9.17, 15) is 0 Å². The van der Waals surface area contributed by atoms with Gasteiger partial charge in [0.05, 0.1) is 22.8 Å². The number of nitrogens with zero attached hydrogens (tertiary/aromatic N) is 2. The van der Waals surface area contributed by atoms with Gasteiger partial charge in [0, 0.05) is 86.7 Å². The van der Waals surface area contributed by atoms with Crippen LogP contribution in [0.2, 0.25) is 20.1 Å². The minimum Gasteiger partial charge on any atom is -0.354 e. The van der Waals surface area contributed by atoms with Gasteiger partial charge in [-0.1, -0.05) is 119 Å². The number of halogens is 4. The molecule has 0 atom stereocenters. The second-order valence-electron chi connectivity index (χ2n) is 12.4. The molecule has 0 amide bonds. The maximum absolute atomic E-state index is 6.92. The summed E-state index contributed by atoms with van der Waals surface area (Å²) in [5, 5.41) is 2.43. The van der Waals surface area contributed by atoms with Crippen molar-refractivity contribution in [2.24, 2.45) is 0 Å². The number of H-pyrrole nitrogens is 2. The van der Waals surface area contributed by atoms with E-state index in [1.165, 1.54) is 0 Å². The van der Waals surface area contributed by atoms with E-state index in [-0.39, 0.29) is 17.1 Å². The van der Waals surface area contributed by atoms with Crippen LogP contribution in [0.3, 0.4) is 0 Å². The van der Waals surface area contributed by atoms with Crippen molar-refractivity contribution in [3.63, 3.8) is 0 Å². The number of hydrogen-bond donors (Lipinski definition) is 2. The fourth-order valence-corrected chi connectivity index (χ4v) is 7.92. The third-order valence-corrected chi connectivity index (χ3v) is 10.6. The molecule has 0 unspecified atom stereocenters. The van der Waals surface area contributed by atoms with Crippen LogP contribution < -0.4 is 0 Å². The standard InChI is InChI=1S/C44H26Cl4N4.Fe/c45-29-13-5-1-9-25(29)41-33-17-19-35(49-33)42(26-10-2-6-14-30(26)46)37-21-23-39(51-37)44(28-12-4-8-16-32(28)48)40-24-22-38(52-40)43(36-20-18-34(41)50-36)27-11-3-7-15-31(27)47;/h1-24,49,52H;/q;+2. The van der Waals surface area contributed by atoms with Crippen molar-refractivity contribution in [3.05, 3.63) is 164 Å². The Balaban J connectivity index is 0.00000400. The first-order valence-corrected chi connectivity index (χ1v) is 18.1. The minimum atomic E-state index is 0. The summed E-state index contributed by atoms with van der Waals surface area (Å²) in [6, 6.07) is 39.4. The smallest absolute Gasteiger partial charge is 0.354 e. The summed E-state index contributed by atoms with van der Waals surface area (Å²) in [4.78, 5) is 18.0. The molecule has 53 heavy (non-hydrogen) atoms. The van der Waals surface area contributed by atoms with E-state index in [4.69, 9.17) is 56.4 Å². The molecule has 9 heteroatoms. The maximum atomic E-state index is 6.92. The van der Waals surface area contributed by atoms with Crippen LogP contribution in [0.15, 0.2) is 121 Å². The number of rotatable bonds is 4. The van der Waals surface area contributed by atoms with E-state index < -0.39 is 0 Å². The molecule has 2 N–H and O–H groups in total. The quantitative estimate of drug-likeness (QED) is 0.174. The van der Waals surface area contributed by atoms with Gasteiger partial charge < -0.3 is 9.97 Å². The van der Waals surface area contributed by atoms with Gasteiger partial charge in [-0.2, -0.15) is 0 Å². The number of aromatic amines is 2. The summed E-state index contributed by atoms with van der Waals surface area (Å²) in [5.41, 5.74) is 13.1. The Morgan fingerprint density at radius 1 is 0.321 bits per heavy atom. The van der Waals surface area contributed by atoms with Crippen molar-refractivity contribution in [2.75, 3.05) is 0 Å². The number of hydrogen-bond acceptors (Lipinski definition) is 2. The van der Waals surface area contributed by atoms with Crippen LogP contribution in [0, 0.1) is 0 Å². The first kappa shape index (κ1) is 35.2. The second-order valence-corrected chi connectivity index (χ2v) is 14.1. The first-order valence-electron chi connectivity index (χ1n) is 16.6. The average Bonchev–Trinajstić information content (AvgIpc) is 3.99. The molecular weight excluding hydrogens is 782 g/mol. The van der Waals surface area contributed by atoms with E-state index in [0.717, 1.165) is 89.4 Å². The van der Waals surface area contributed by atoms with E-state index in [2.05, 4.69) is 34.2 Å². The third-order valence-electron chi connectivity index (χ3n) is 9.33. The molecule has 0 saturated heterocycles. The topological polar surface area (TPSA) is 57.4 Å². The van der Waals surface area contributed by atoms with Crippen molar-refractivity contribution in [1.29, 1.82) is 0 Å². The van der Waals surface area contributed by atoms with E-state index in [1.807, 2.05) is 121 Å². The fraction of sp³-hybridized carbons (Fsp3) is 0. The van der Waals surface area contributed by atoms with Crippen LogP contribution in [0.25, 0.3) is 90.9 Å². The minimum absolute atomic E-state index is 0. The SMILES string of the molecule is Clc1ccccc1-c1c2nc(c(-c3ccccc3Cl)c3ccc([nH]3)c(-c3ccccc3Cl)c3nc(c(-c4ccccc4Cl)c4ccc1[nH]4)C=C3)C=C2.[Fe+2]. The predicted octanol–water partition coefficient (Wildman–Crippen LogP) is 13.9. The van der Waals surface area contributed by atoms with E-state index in [0.29, 0.717) is 20.1 Å². The zero-order chi connectivity index (χ0) is 35.3. The van der Waals surface area contributed by atoms with Crippen LogP contribution in [0.1, 0.15) is 22.8 Å². The summed E-state index contributed by atoms with van der Waals surface area (Å²) >= 11 is 27.7. The van der Waals surface area contributed by atoms with Gasteiger partial charge >= 0.3 is 17.1 Å². The molecular formula is C44H26Cl4FeN4+2. The summed E-state index contributed by atoms with van der Waals surface area (Å²) in [7, 11) is 0. The van der Waals surface area contributed by atoms with Crippen LogP contribution in [-0.2, 0) is 17.1 Å². The van der Waals surface area contributed by atoms with Crippen LogP contribution in [-0.4, -0.2) is 19.9 Å². The van der Waals surface area contributed by atoms with Gasteiger partial charge in [-0.25, -0.2) is 9.97 Å². The monoisotopic (exact) mass is 806 g/mol. The van der Waals surface area contributed by atoms with Crippen LogP contribution in [0.5, 0.6) is 0 Å². The number of benzene rings is 4. The Hall–Kier alpha value is -4.84. The summed E-state index contributed by atoms with van der Waals surface area (Å²) < 4.78 is 0. The molecule has 2 aliphatic rings. The van der Waals surface area contributed by atoms with Crippen molar-refractivity contribution >= 4 is 92.8 Å². The predicted molar refractivity (Wildman–Crippen MR) is 221 cm³/mol. The zero-order valence-electron chi connectivity index (χ0n) is 27.6.